The van der Waals surface area contributed by atoms with Gasteiger partial charge in [0.1, 0.15) is 6.10 Å². The van der Waals surface area contributed by atoms with E-state index >= 15 is 0 Å². The van der Waals surface area contributed by atoms with Gasteiger partial charge in [0.25, 0.3) is 0 Å². The second-order valence-electron chi connectivity index (χ2n) is 3.97. The van der Waals surface area contributed by atoms with Crippen LogP contribution >= 0.6 is 11.6 Å². The third-order valence-electron chi connectivity index (χ3n) is 2.46. The van der Waals surface area contributed by atoms with Crippen molar-refractivity contribution in [3.8, 4) is 0 Å². The molecule has 0 heterocycles. The van der Waals surface area contributed by atoms with Crippen molar-refractivity contribution in [2.75, 3.05) is 13.6 Å². The quantitative estimate of drug-likeness (QED) is 0.737. The number of rotatable bonds is 5. The van der Waals surface area contributed by atoms with Crippen LogP contribution in [0.2, 0.25) is 5.02 Å². The molecule has 1 rings (SSSR count). The van der Waals surface area contributed by atoms with Crippen LogP contribution in [0.25, 0.3) is 0 Å². The first-order valence-corrected chi connectivity index (χ1v) is 5.70. The molecule has 0 aliphatic rings. The fraction of sp³-hybridized carbons (Fsp3) is 0.500. The maximum atomic E-state index is 9.93. The highest BCUT2D eigenvalue weighted by atomic mass is 35.5. The number of aliphatic hydroxyl groups is 2. The van der Waals surface area contributed by atoms with Gasteiger partial charge >= 0.3 is 0 Å². The Balaban J connectivity index is 2.74. The van der Waals surface area contributed by atoms with E-state index in [9.17, 15) is 10.2 Å². The number of nitrogens with one attached hydrogen (secondary N) is 1. The molecule has 0 spiro atoms. The normalized spacial score (nSPS) is 14.8. The van der Waals surface area contributed by atoms with Crippen LogP contribution in [0.5, 0.6) is 0 Å². The summed E-state index contributed by atoms with van der Waals surface area (Å²) in [7, 11) is 1.81. The minimum absolute atomic E-state index is 0.503. The summed E-state index contributed by atoms with van der Waals surface area (Å²) in [4.78, 5) is 0. The standard InChI is InChI=1S/C12H18ClNO2/c1-8-5-9(7-10(13)6-8)12(16)11(15)3-4-14-2/h5-7,11-12,14-16H,3-4H2,1-2H3. The van der Waals surface area contributed by atoms with Gasteiger partial charge in [-0.3, -0.25) is 0 Å². The molecule has 4 heteroatoms. The topological polar surface area (TPSA) is 52.5 Å². The minimum Gasteiger partial charge on any atom is -0.390 e. The van der Waals surface area contributed by atoms with E-state index in [-0.39, 0.29) is 0 Å². The minimum atomic E-state index is -0.884. The largest absolute Gasteiger partial charge is 0.390 e. The van der Waals surface area contributed by atoms with Crippen molar-refractivity contribution >= 4 is 11.6 Å². The van der Waals surface area contributed by atoms with Crippen molar-refractivity contribution < 1.29 is 10.2 Å². The molecule has 1 aromatic rings. The van der Waals surface area contributed by atoms with Crippen molar-refractivity contribution in [2.24, 2.45) is 0 Å². The Morgan fingerprint density at radius 2 is 2.00 bits per heavy atom. The first kappa shape index (κ1) is 13.5. The Labute approximate surface area is 101 Å². The van der Waals surface area contributed by atoms with Crippen LogP contribution in [0.15, 0.2) is 18.2 Å². The lowest BCUT2D eigenvalue weighted by Gasteiger charge is -2.18. The predicted molar refractivity (Wildman–Crippen MR) is 65.7 cm³/mol. The molecule has 3 nitrogen and oxygen atoms in total. The van der Waals surface area contributed by atoms with Crippen molar-refractivity contribution in [2.45, 2.75) is 25.6 Å². The zero-order valence-electron chi connectivity index (χ0n) is 9.57. The molecular weight excluding hydrogens is 226 g/mol. The molecule has 3 N–H and O–H groups in total. The van der Waals surface area contributed by atoms with Crippen LogP contribution in [0.3, 0.4) is 0 Å². The van der Waals surface area contributed by atoms with E-state index in [1.54, 1.807) is 6.07 Å². The molecule has 0 saturated carbocycles. The lowest BCUT2D eigenvalue weighted by Crippen LogP contribution is -2.23. The molecule has 90 valence electrons. The molecule has 0 fully saturated rings. The summed E-state index contributed by atoms with van der Waals surface area (Å²) >= 11 is 5.90. The van der Waals surface area contributed by atoms with Crippen LogP contribution in [-0.2, 0) is 0 Å². The average molecular weight is 244 g/mol. The highest BCUT2D eigenvalue weighted by molar-refractivity contribution is 6.30. The summed E-state index contributed by atoms with van der Waals surface area (Å²) in [6.45, 7) is 2.57. The number of hydrogen-bond acceptors (Lipinski definition) is 3. The second kappa shape index (κ2) is 6.21. The van der Waals surface area contributed by atoms with Gasteiger partial charge in [-0.15, -0.1) is 0 Å². The van der Waals surface area contributed by atoms with Gasteiger partial charge in [0.2, 0.25) is 0 Å². The first-order chi connectivity index (χ1) is 7.54. The molecule has 0 aliphatic carbocycles. The number of benzene rings is 1. The molecule has 0 amide bonds. The summed E-state index contributed by atoms with van der Waals surface area (Å²) in [6, 6.07) is 5.33. The SMILES string of the molecule is CNCCC(O)C(O)c1cc(C)cc(Cl)c1. The molecule has 0 aromatic heterocycles. The molecule has 0 saturated heterocycles. The van der Waals surface area contributed by atoms with Crippen molar-refractivity contribution in [3.05, 3.63) is 34.3 Å². The highest BCUT2D eigenvalue weighted by Gasteiger charge is 2.18. The maximum Gasteiger partial charge on any atom is 0.105 e. The zero-order chi connectivity index (χ0) is 12.1. The first-order valence-electron chi connectivity index (χ1n) is 5.32. The van der Waals surface area contributed by atoms with Gasteiger partial charge in [0, 0.05) is 5.02 Å². The summed E-state index contributed by atoms with van der Waals surface area (Å²) < 4.78 is 0. The maximum absolute atomic E-state index is 9.93. The van der Waals surface area contributed by atoms with Gasteiger partial charge in [0.15, 0.2) is 0 Å². The molecule has 0 radical (unpaired) electrons. The molecule has 16 heavy (non-hydrogen) atoms. The van der Waals surface area contributed by atoms with Gasteiger partial charge < -0.3 is 15.5 Å². The fourth-order valence-corrected chi connectivity index (χ4v) is 1.91. The predicted octanol–water partition coefficient (Wildman–Crippen LogP) is 1.65. The van der Waals surface area contributed by atoms with Crippen LogP contribution in [0, 0.1) is 6.92 Å². The Hall–Kier alpha value is -0.610. The third kappa shape index (κ3) is 3.76. The van der Waals surface area contributed by atoms with Gasteiger partial charge in [-0.1, -0.05) is 17.7 Å². The van der Waals surface area contributed by atoms with Crippen LogP contribution in [0.1, 0.15) is 23.7 Å². The summed E-state index contributed by atoms with van der Waals surface area (Å²) in [5.41, 5.74) is 1.64. The lowest BCUT2D eigenvalue weighted by molar-refractivity contribution is 0.0140. The van der Waals surface area contributed by atoms with E-state index in [0.717, 1.165) is 5.56 Å². The van der Waals surface area contributed by atoms with E-state index < -0.39 is 12.2 Å². The van der Waals surface area contributed by atoms with Crippen LogP contribution in [0.4, 0.5) is 0 Å². The summed E-state index contributed by atoms with van der Waals surface area (Å²) in [6.07, 6.45) is -1.15. The summed E-state index contributed by atoms with van der Waals surface area (Å²) in [5, 5.41) is 23.2. The lowest BCUT2D eigenvalue weighted by atomic mass is 10.0. The van der Waals surface area contributed by atoms with Gasteiger partial charge in [0.05, 0.1) is 6.10 Å². The van der Waals surface area contributed by atoms with E-state index in [4.69, 9.17) is 11.6 Å². The van der Waals surface area contributed by atoms with E-state index in [1.807, 2.05) is 26.1 Å². The zero-order valence-corrected chi connectivity index (χ0v) is 10.3. The Kier molecular flexibility index (Phi) is 5.22. The highest BCUT2D eigenvalue weighted by Crippen LogP contribution is 2.23. The Bertz CT molecular complexity index is 324. The molecule has 0 aliphatic heterocycles. The number of halogens is 1. The number of aliphatic hydroxyl groups excluding tert-OH is 2. The fourth-order valence-electron chi connectivity index (χ4n) is 1.61. The number of aryl methyl sites for hydroxylation is 1. The van der Waals surface area contributed by atoms with Crippen molar-refractivity contribution in [3.63, 3.8) is 0 Å². The average Bonchev–Trinajstić information content (AvgIpc) is 2.23. The monoisotopic (exact) mass is 243 g/mol. The third-order valence-corrected chi connectivity index (χ3v) is 2.68. The van der Waals surface area contributed by atoms with Crippen molar-refractivity contribution in [1.29, 1.82) is 0 Å². The van der Waals surface area contributed by atoms with Gasteiger partial charge in [-0.05, 0) is 50.2 Å². The van der Waals surface area contributed by atoms with Crippen molar-refractivity contribution in [1.82, 2.24) is 5.32 Å². The van der Waals surface area contributed by atoms with E-state index in [0.29, 0.717) is 23.6 Å². The second-order valence-corrected chi connectivity index (χ2v) is 4.40. The van der Waals surface area contributed by atoms with E-state index in [2.05, 4.69) is 5.32 Å². The molecule has 2 unspecified atom stereocenters. The smallest absolute Gasteiger partial charge is 0.105 e. The van der Waals surface area contributed by atoms with Crippen LogP contribution < -0.4 is 5.32 Å². The molecular formula is C12H18ClNO2. The van der Waals surface area contributed by atoms with E-state index in [1.165, 1.54) is 0 Å². The molecule has 1 aromatic carbocycles. The Morgan fingerprint density at radius 1 is 1.31 bits per heavy atom. The Morgan fingerprint density at radius 3 is 2.56 bits per heavy atom. The molecule has 0 bridgehead atoms. The van der Waals surface area contributed by atoms with Gasteiger partial charge in [-0.2, -0.15) is 0 Å². The molecule has 2 atom stereocenters. The summed E-state index contributed by atoms with van der Waals surface area (Å²) in [5.74, 6) is 0. The van der Waals surface area contributed by atoms with Gasteiger partial charge in [-0.25, -0.2) is 0 Å². The number of hydrogen-bond donors (Lipinski definition) is 3. The van der Waals surface area contributed by atoms with Crippen LogP contribution in [-0.4, -0.2) is 29.9 Å².